The number of nitrogens with two attached hydrogens (primary N) is 1. The Bertz CT molecular complexity index is 1590. The van der Waals surface area contributed by atoms with E-state index in [1.54, 1.807) is 36.9 Å². The van der Waals surface area contributed by atoms with Crippen molar-refractivity contribution >= 4 is 45.7 Å². The molecule has 35 heavy (non-hydrogen) atoms. The monoisotopic (exact) mass is 523 g/mol. The van der Waals surface area contributed by atoms with Crippen LogP contribution in [-0.2, 0) is 19.0 Å². The van der Waals surface area contributed by atoms with Crippen LogP contribution in [0.25, 0.3) is 10.9 Å². The van der Waals surface area contributed by atoms with E-state index >= 15 is 0 Å². The number of aryl methyl sites for hydroxylation is 1. The van der Waals surface area contributed by atoms with Crippen molar-refractivity contribution in [2.75, 3.05) is 0 Å². The summed E-state index contributed by atoms with van der Waals surface area (Å²) in [6, 6.07) is 16.3. The molecule has 5 rings (SSSR count). The maximum Gasteiger partial charge on any atom is 0.248 e. The van der Waals surface area contributed by atoms with Gasteiger partial charge in [-0.15, -0.1) is 0 Å². The van der Waals surface area contributed by atoms with E-state index in [1.165, 1.54) is 0 Å². The Labute approximate surface area is 216 Å². The minimum atomic E-state index is -1.08. The highest BCUT2D eigenvalue weighted by Crippen LogP contribution is 2.36. The van der Waals surface area contributed by atoms with Gasteiger partial charge in [-0.3, -0.25) is 4.79 Å². The van der Waals surface area contributed by atoms with Crippen molar-refractivity contribution in [3.8, 4) is 0 Å². The van der Waals surface area contributed by atoms with Gasteiger partial charge in [0.1, 0.15) is 10.7 Å². The third kappa shape index (κ3) is 4.46. The summed E-state index contributed by atoms with van der Waals surface area (Å²) < 4.78 is 1.88. The summed E-state index contributed by atoms with van der Waals surface area (Å²) in [5.74, 6) is 0. The summed E-state index contributed by atoms with van der Waals surface area (Å²) in [4.78, 5) is 23.9. The summed E-state index contributed by atoms with van der Waals surface area (Å²) in [7, 11) is 1.89. The maximum absolute atomic E-state index is 12.4. The van der Waals surface area contributed by atoms with Crippen LogP contribution < -0.4 is 11.3 Å². The first-order chi connectivity index (χ1) is 16.7. The largest absolute Gasteiger partial charge is 0.336 e. The number of aromatic amines is 1. The Morgan fingerprint density at radius 3 is 2.37 bits per heavy atom. The van der Waals surface area contributed by atoms with Crippen molar-refractivity contribution in [2.24, 2.45) is 12.8 Å². The lowest BCUT2D eigenvalue weighted by molar-refractivity contribution is 0.594. The first-order valence-electron chi connectivity index (χ1n) is 10.7. The first-order valence-corrected chi connectivity index (χ1v) is 11.9. The molecule has 176 valence electrons. The van der Waals surface area contributed by atoms with Crippen molar-refractivity contribution in [3.05, 3.63) is 127 Å². The molecule has 3 aromatic heterocycles. The van der Waals surface area contributed by atoms with Crippen molar-refractivity contribution < 1.29 is 0 Å². The van der Waals surface area contributed by atoms with E-state index in [0.717, 1.165) is 33.3 Å². The van der Waals surface area contributed by atoms with E-state index in [2.05, 4.69) is 15.0 Å². The predicted octanol–water partition coefficient (Wildman–Crippen LogP) is 5.46. The molecule has 0 radical (unpaired) electrons. The zero-order valence-corrected chi connectivity index (χ0v) is 20.9. The van der Waals surface area contributed by atoms with Crippen LogP contribution in [-0.4, -0.2) is 19.5 Å². The second-order valence-electron chi connectivity index (χ2n) is 8.44. The van der Waals surface area contributed by atoms with Crippen LogP contribution in [0.2, 0.25) is 15.2 Å². The van der Waals surface area contributed by atoms with Crippen LogP contribution >= 0.6 is 34.8 Å². The molecule has 0 spiro atoms. The molecule has 0 saturated carbocycles. The summed E-state index contributed by atoms with van der Waals surface area (Å²) in [5, 5.41) is 2.31. The number of benzene rings is 2. The van der Waals surface area contributed by atoms with E-state index in [4.69, 9.17) is 40.5 Å². The second kappa shape index (κ2) is 9.13. The number of rotatable bonds is 5. The minimum Gasteiger partial charge on any atom is -0.336 e. The quantitative estimate of drug-likeness (QED) is 0.299. The number of fused-ring (bicyclic) bond motifs is 1. The lowest BCUT2D eigenvalue weighted by atomic mass is 9.81. The number of halogens is 3. The van der Waals surface area contributed by atoms with Gasteiger partial charge in [0.05, 0.1) is 18.2 Å². The highest BCUT2D eigenvalue weighted by Gasteiger charge is 2.35. The number of nitrogens with one attached hydrogen (secondary N) is 1. The molecule has 0 bridgehead atoms. The summed E-state index contributed by atoms with van der Waals surface area (Å²) in [6.07, 6.45) is 5.57. The van der Waals surface area contributed by atoms with Crippen LogP contribution in [0.4, 0.5) is 0 Å². The zero-order valence-electron chi connectivity index (χ0n) is 18.6. The third-order valence-electron chi connectivity index (χ3n) is 6.10. The van der Waals surface area contributed by atoms with E-state index in [-0.39, 0.29) is 5.56 Å². The molecule has 0 aliphatic heterocycles. The molecule has 3 N–H and O–H groups in total. The molecule has 0 aliphatic carbocycles. The van der Waals surface area contributed by atoms with Gasteiger partial charge >= 0.3 is 0 Å². The Kier molecular flexibility index (Phi) is 6.15. The van der Waals surface area contributed by atoms with Crippen molar-refractivity contribution in [1.82, 2.24) is 19.5 Å². The molecule has 0 aliphatic rings. The Morgan fingerprint density at radius 1 is 0.971 bits per heavy atom. The molecule has 9 heteroatoms. The van der Waals surface area contributed by atoms with Crippen LogP contribution in [0.3, 0.4) is 0 Å². The molecule has 0 amide bonds. The van der Waals surface area contributed by atoms with E-state index in [9.17, 15) is 4.79 Å². The van der Waals surface area contributed by atoms with Crippen LogP contribution in [0.15, 0.2) is 78.1 Å². The maximum atomic E-state index is 12.4. The van der Waals surface area contributed by atoms with E-state index in [0.29, 0.717) is 27.1 Å². The van der Waals surface area contributed by atoms with Crippen molar-refractivity contribution in [2.45, 2.75) is 12.0 Å². The fourth-order valence-corrected chi connectivity index (χ4v) is 5.14. The summed E-state index contributed by atoms with van der Waals surface area (Å²) in [5.41, 5.74) is 10.6. The van der Waals surface area contributed by atoms with Crippen LogP contribution in [0, 0.1) is 0 Å². The number of pyridine rings is 2. The summed E-state index contributed by atoms with van der Waals surface area (Å²) >= 11 is 18.5. The van der Waals surface area contributed by atoms with E-state index in [1.807, 2.05) is 48.0 Å². The highest BCUT2D eigenvalue weighted by atomic mass is 35.5. The van der Waals surface area contributed by atoms with Gasteiger partial charge in [-0.1, -0.05) is 46.9 Å². The number of H-pyrrole nitrogens is 1. The van der Waals surface area contributed by atoms with Crippen molar-refractivity contribution in [3.63, 3.8) is 0 Å². The van der Waals surface area contributed by atoms with Gasteiger partial charge in [0.15, 0.2) is 0 Å². The predicted molar refractivity (Wildman–Crippen MR) is 140 cm³/mol. The molecular formula is C26H20Cl3N5O. The average Bonchev–Trinajstić information content (AvgIpc) is 3.24. The second-order valence-corrected chi connectivity index (χ2v) is 9.70. The Balaban J connectivity index is 1.72. The third-order valence-corrected chi connectivity index (χ3v) is 6.76. The minimum absolute atomic E-state index is 0.194. The molecule has 1 unspecified atom stereocenters. The molecule has 0 fully saturated rings. The molecule has 0 saturated heterocycles. The lowest BCUT2D eigenvalue weighted by Gasteiger charge is -2.31. The number of aromatic nitrogens is 4. The Hall–Kier alpha value is -3.16. The lowest BCUT2D eigenvalue weighted by Crippen LogP contribution is -2.41. The zero-order chi connectivity index (χ0) is 24.7. The van der Waals surface area contributed by atoms with E-state index < -0.39 is 5.54 Å². The first kappa shape index (κ1) is 23.6. The molecule has 2 aromatic carbocycles. The van der Waals surface area contributed by atoms with Crippen LogP contribution in [0.1, 0.15) is 27.9 Å². The fourth-order valence-electron chi connectivity index (χ4n) is 4.46. The number of hydrogen-bond donors (Lipinski definition) is 2. The number of nitrogens with zero attached hydrogens (tertiary/aromatic N) is 3. The number of hydrogen-bond acceptors (Lipinski definition) is 4. The van der Waals surface area contributed by atoms with Gasteiger partial charge in [-0.25, -0.2) is 9.97 Å². The number of imidazole rings is 1. The molecule has 5 aromatic rings. The highest BCUT2D eigenvalue weighted by molar-refractivity contribution is 6.34. The van der Waals surface area contributed by atoms with Crippen molar-refractivity contribution in [1.29, 1.82) is 0 Å². The fraction of sp³-hybridized carbons (Fsp3) is 0.115. The smallest absolute Gasteiger partial charge is 0.248 e. The average molecular weight is 525 g/mol. The van der Waals surface area contributed by atoms with Gasteiger partial charge in [0.2, 0.25) is 5.56 Å². The standard InChI is InChI=1S/C26H20Cl3N5O/c1-34-14-31-13-23(34)26(30,18-3-5-24(29)32-12-18)17-2-4-22-21(10-17)16(9-25(35)33-22)6-15-7-19(27)11-20(28)8-15/h2-5,7-14H,6,30H2,1H3,(H,33,35). The van der Waals surface area contributed by atoms with Gasteiger partial charge in [0, 0.05) is 45.8 Å². The van der Waals surface area contributed by atoms with Gasteiger partial charge < -0.3 is 15.3 Å². The van der Waals surface area contributed by atoms with Gasteiger partial charge in [0.25, 0.3) is 0 Å². The SMILES string of the molecule is Cn1cncc1C(N)(c1ccc(Cl)nc1)c1ccc2[nH]c(=O)cc(Cc3cc(Cl)cc(Cl)c3)c2c1. The molecule has 6 nitrogen and oxygen atoms in total. The molecule has 1 atom stereocenters. The normalized spacial score (nSPS) is 13.2. The van der Waals surface area contributed by atoms with Gasteiger partial charge in [-0.05, 0) is 59.5 Å². The molecular weight excluding hydrogens is 505 g/mol. The topological polar surface area (TPSA) is 89.6 Å². The molecule has 3 heterocycles. The van der Waals surface area contributed by atoms with Gasteiger partial charge in [-0.2, -0.15) is 0 Å². The van der Waals surface area contributed by atoms with Crippen LogP contribution in [0.5, 0.6) is 0 Å². The Morgan fingerprint density at radius 2 is 1.71 bits per heavy atom. The summed E-state index contributed by atoms with van der Waals surface area (Å²) in [6.45, 7) is 0.